The molecule has 0 aromatic heterocycles. The van der Waals surface area contributed by atoms with Crippen molar-refractivity contribution < 1.29 is 14.3 Å². The number of anilines is 2. The molecule has 2 bridgehead atoms. The summed E-state index contributed by atoms with van der Waals surface area (Å²) >= 11 is 5.87. The van der Waals surface area contributed by atoms with Crippen molar-refractivity contribution in [3.05, 3.63) is 82.9 Å². The number of ether oxygens (including phenoxy) is 2. The van der Waals surface area contributed by atoms with Gasteiger partial charge in [0.25, 0.3) is 0 Å². The van der Waals surface area contributed by atoms with Gasteiger partial charge in [-0.3, -0.25) is 9.69 Å². The van der Waals surface area contributed by atoms with E-state index in [0.29, 0.717) is 23.2 Å². The number of benzene rings is 3. The van der Waals surface area contributed by atoms with Crippen LogP contribution in [0.1, 0.15) is 42.1 Å². The first-order valence-corrected chi connectivity index (χ1v) is 12.6. The Kier molecular flexibility index (Phi) is 6.12. The fraction of sp³-hybridized carbons (Fsp3) is 0.310. The van der Waals surface area contributed by atoms with Gasteiger partial charge in [0.05, 0.1) is 12.6 Å². The van der Waals surface area contributed by atoms with E-state index >= 15 is 0 Å². The molecule has 1 fully saturated rings. The molecule has 1 amide bonds. The van der Waals surface area contributed by atoms with Gasteiger partial charge in [0.15, 0.2) is 22.3 Å². The molecule has 0 spiro atoms. The third kappa shape index (κ3) is 3.97. The van der Waals surface area contributed by atoms with Crippen LogP contribution in [0, 0.1) is 26.7 Å². The molecule has 186 valence electrons. The van der Waals surface area contributed by atoms with Crippen molar-refractivity contribution in [2.45, 2.75) is 46.4 Å². The van der Waals surface area contributed by atoms with Crippen molar-refractivity contribution in [3.63, 3.8) is 0 Å². The van der Waals surface area contributed by atoms with E-state index in [9.17, 15) is 4.79 Å². The minimum atomic E-state index is -1.11. The number of nitrogens with zero attached hydrogens (tertiary/aromatic N) is 1. The number of amides is 1. The molecule has 5 rings (SSSR count). The predicted octanol–water partition coefficient (Wildman–Crippen LogP) is 5.81. The summed E-state index contributed by atoms with van der Waals surface area (Å²) in [6.07, 6.45) is 0. The molecule has 2 aliphatic rings. The number of hydrogen-bond acceptors (Lipinski definition) is 4. The Morgan fingerprint density at radius 1 is 1.11 bits per heavy atom. The van der Waals surface area contributed by atoms with E-state index in [1.807, 2.05) is 94.1 Å². The Morgan fingerprint density at radius 2 is 1.86 bits per heavy atom. The van der Waals surface area contributed by atoms with Crippen LogP contribution in [-0.2, 0) is 4.79 Å². The normalized spacial score (nSPS) is 22.2. The van der Waals surface area contributed by atoms with Gasteiger partial charge >= 0.3 is 0 Å². The maximum Gasteiger partial charge on any atom is 0.236 e. The van der Waals surface area contributed by atoms with Crippen molar-refractivity contribution in [1.29, 1.82) is 0 Å². The molecule has 3 aromatic carbocycles. The monoisotopic (exact) mass is 501 g/mol. The van der Waals surface area contributed by atoms with Gasteiger partial charge in [-0.2, -0.15) is 0 Å². The highest BCUT2D eigenvalue weighted by molar-refractivity contribution is 7.80. The molecule has 6 nitrogen and oxygen atoms in total. The van der Waals surface area contributed by atoms with Crippen molar-refractivity contribution in [2.75, 3.05) is 16.8 Å². The lowest BCUT2D eigenvalue weighted by molar-refractivity contribution is -0.130. The zero-order chi connectivity index (χ0) is 25.6. The summed E-state index contributed by atoms with van der Waals surface area (Å²) in [6.45, 7) is 10.5. The Labute approximate surface area is 217 Å². The topological polar surface area (TPSA) is 62.8 Å². The van der Waals surface area contributed by atoms with Crippen LogP contribution >= 0.6 is 12.2 Å². The van der Waals surface area contributed by atoms with Crippen LogP contribution in [0.3, 0.4) is 0 Å². The summed E-state index contributed by atoms with van der Waals surface area (Å²) in [5.41, 5.74) is 4.62. The van der Waals surface area contributed by atoms with Gasteiger partial charge in [-0.15, -0.1) is 0 Å². The smallest absolute Gasteiger partial charge is 0.236 e. The fourth-order valence-electron chi connectivity index (χ4n) is 5.36. The lowest BCUT2D eigenvalue weighted by Gasteiger charge is -2.56. The first-order chi connectivity index (χ1) is 17.2. The average Bonchev–Trinajstić information content (AvgIpc) is 2.81. The first-order valence-electron chi connectivity index (χ1n) is 12.2. The predicted molar refractivity (Wildman–Crippen MR) is 147 cm³/mol. The molecule has 7 heteroatoms. The van der Waals surface area contributed by atoms with Crippen LogP contribution in [0.4, 0.5) is 11.4 Å². The van der Waals surface area contributed by atoms with Crippen molar-refractivity contribution in [2.24, 2.45) is 5.92 Å². The van der Waals surface area contributed by atoms with Gasteiger partial charge in [-0.1, -0.05) is 42.0 Å². The quantitative estimate of drug-likeness (QED) is 0.430. The third-order valence-corrected chi connectivity index (χ3v) is 7.27. The summed E-state index contributed by atoms with van der Waals surface area (Å²) in [5.74, 6) is 0.526. The summed E-state index contributed by atoms with van der Waals surface area (Å²) in [7, 11) is 0. The van der Waals surface area contributed by atoms with Gasteiger partial charge in [-0.05, 0) is 82.2 Å². The van der Waals surface area contributed by atoms with E-state index in [1.165, 1.54) is 0 Å². The number of carbonyl (C=O) groups excluding carboxylic acids is 1. The van der Waals surface area contributed by atoms with Crippen molar-refractivity contribution >= 4 is 34.6 Å². The maximum absolute atomic E-state index is 14.1. The third-order valence-electron chi connectivity index (χ3n) is 6.97. The highest BCUT2D eigenvalue weighted by atomic mass is 32.1. The Hall–Kier alpha value is -3.58. The van der Waals surface area contributed by atoms with Crippen LogP contribution < -0.4 is 25.0 Å². The number of para-hydroxylation sites is 1. The number of hydrogen-bond donors (Lipinski definition) is 2. The highest BCUT2D eigenvalue weighted by Gasteiger charge is 2.59. The largest absolute Gasteiger partial charge is 0.490 e. The second-order valence-electron chi connectivity index (χ2n) is 9.65. The van der Waals surface area contributed by atoms with Crippen LogP contribution in [0.5, 0.6) is 11.5 Å². The summed E-state index contributed by atoms with van der Waals surface area (Å²) < 4.78 is 12.7. The van der Waals surface area contributed by atoms with Crippen molar-refractivity contribution in [3.8, 4) is 11.5 Å². The van der Waals surface area contributed by atoms with Crippen LogP contribution in [0.25, 0.3) is 0 Å². The number of aryl methyl sites for hydroxylation is 3. The van der Waals surface area contributed by atoms with E-state index in [-0.39, 0.29) is 5.91 Å². The zero-order valence-corrected chi connectivity index (χ0v) is 22.0. The first kappa shape index (κ1) is 24.1. The van der Waals surface area contributed by atoms with Gasteiger partial charge in [0.2, 0.25) is 5.91 Å². The van der Waals surface area contributed by atoms with E-state index in [1.54, 1.807) is 0 Å². The van der Waals surface area contributed by atoms with Gasteiger partial charge in [0, 0.05) is 16.9 Å². The molecule has 0 unspecified atom stereocenters. The maximum atomic E-state index is 14.1. The Balaban J connectivity index is 1.65. The molecule has 0 radical (unpaired) electrons. The number of nitrogens with one attached hydrogen (secondary N) is 2. The highest BCUT2D eigenvalue weighted by Crippen LogP contribution is 2.52. The van der Waals surface area contributed by atoms with E-state index in [2.05, 4.69) is 16.7 Å². The lowest BCUT2D eigenvalue weighted by Crippen LogP contribution is -2.72. The van der Waals surface area contributed by atoms with Crippen LogP contribution in [-0.4, -0.2) is 23.4 Å². The number of carbonyl (C=O) groups is 1. The lowest BCUT2D eigenvalue weighted by atomic mass is 9.78. The molecule has 2 heterocycles. The molecule has 1 saturated heterocycles. The van der Waals surface area contributed by atoms with Crippen LogP contribution in [0.15, 0.2) is 60.7 Å². The molecule has 0 saturated carbocycles. The minimum Gasteiger partial charge on any atom is -0.490 e. The minimum absolute atomic E-state index is 0.144. The number of fused-ring (bicyclic) bond motifs is 4. The average molecular weight is 502 g/mol. The molecule has 2 N–H and O–H groups in total. The summed E-state index contributed by atoms with van der Waals surface area (Å²) in [5, 5.41) is 7.15. The SMILES string of the molecule is CCOc1cccc2c1O[C@]1(C)[C@H](C(=O)Nc3ccc(C)cc3C)[C@@H]2NC(=S)N1c1cccc(C)c1. The molecule has 2 aliphatic heterocycles. The number of rotatable bonds is 5. The number of thiocarbonyl (C=S) groups is 1. The van der Waals surface area contributed by atoms with Gasteiger partial charge < -0.3 is 20.1 Å². The molecule has 36 heavy (non-hydrogen) atoms. The second-order valence-corrected chi connectivity index (χ2v) is 10.0. The Bertz CT molecular complexity index is 1360. The molecule has 0 aliphatic carbocycles. The van der Waals surface area contributed by atoms with Crippen molar-refractivity contribution in [1.82, 2.24) is 5.32 Å². The summed E-state index contributed by atoms with van der Waals surface area (Å²) in [6, 6.07) is 19.5. The van der Waals surface area contributed by atoms with E-state index in [4.69, 9.17) is 21.7 Å². The zero-order valence-electron chi connectivity index (χ0n) is 21.2. The van der Waals surface area contributed by atoms with E-state index < -0.39 is 17.7 Å². The molecular formula is C29H31N3O3S. The Morgan fingerprint density at radius 3 is 2.58 bits per heavy atom. The van der Waals surface area contributed by atoms with Gasteiger partial charge in [0.1, 0.15) is 5.92 Å². The van der Waals surface area contributed by atoms with Gasteiger partial charge in [-0.25, -0.2) is 0 Å². The molecular weight excluding hydrogens is 470 g/mol. The van der Waals surface area contributed by atoms with Crippen LogP contribution in [0.2, 0.25) is 0 Å². The standard InChI is InChI=1S/C29H31N3O3S/c1-6-34-23-12-8-11-21-25-24(27(33)30-22-14-13-18(3)15-19(22)4)29(5,35-26(21)23)32(28(36)31-25)20-10-7-9-17(2)16-20/h7-16,24-25H,6H2,1-5H3,(H,30,33)(H,31,36)/t24-,25+,29+/m0/s1. The second kappa shape index (κ2) is 9.13. The molecule has 3 atom stereocenters. The van der Waals surface area contributed by atoms with E-state index in [0.717, 1.165) is 33.6 Å². The molecule has 3 aromatic rings. The summed E-state index contributed by atoms with van der Waals surface area (Å²) in [4.78, 5) is 16.0. The fourth-order valence-corrected chi connectivity index (χ4v) is 5.77.